The molecule has 0 radical (unpaired) electrons. The molecule has 1 fully saturated rings. The lowest BCUT2D eigenvalue weighted by Crippen LogP contribution is -2.23. The van der Waals surface area contributed by atoms with E-state index < -0.39 is 26.1 Å². The summed E-state index contributed by atoms with van der Waals surface area (Å²) in [5, 5.41) is 9.70. The van der Waals surface area contributed by atoms with Crippen molar-refractivity contribution < 1.29 is 17.9 Å². The number of sulfone groups is 1. The van der Waals surface area contributed by atoms with Crippen molar-refractivity contribution in [2.45, 2.75) is 43.9 Å². The molecule has 0 aliphatic heterocycles. The van der Waals surface area contributed by atoms with Gasteiger partial charge in [-0.2, -0.15) is 0 Å². The minimum atomic E-state index is -3.79. The van der Waals surface area contributed by atoms with Crippen molar-refractivity contribution >= 4 is 9.84 Å². The second-order valence-corrected chi connectivity index (χ2v) is 7.12. The maximum Gasteiger partial charge on any atom is 0.358 e. The average molecular weight is 286 g/mol. The number of aryl methyl sites for hydroxylation is 1. The quantitative estimate of drug-likeness (QED) is 0.918. The van der Waals surface area contributed by atoms with Crippen LogP contribution in [0, 0.1) is 12.8 Å². The Morgan fingerprint density at radius 2 is 1.95 bits per heavy atom. The van der Waals surface area contributed by atoms with E-state index in [0.717, 1.165) is 38.2 Å². The fourth-order valence-electron chi connectivity index (χ4n) is 2.62. The number of hydrogen-bond donors (Lipinski definition) is 1. The minimum Gasteiger partial charge on any atom is -0.506 e. The largest absolute Gasteiger partial charge is 0.506 e. The summed E-state index contributed by atoms with van der Waals surface area (Å²) in [6, 6.07) is 1.16. The van der Waals surface area contributed by atoms with Crippen LogP contribution in [0.3, 0.4) is 0 Å². The van der Waals surface area contributed by atoms with Gasteiger partial charge < -0.3 is 9.52 Å². The highest BCUT2D eigenvalue weighted by atomic mass is 32.2. The van der Waals surface area contributed by atoms with Gasteiger partial charge in [0.1, 0.15) is 11.5 Å². The topological polar surface area (TPSA) is 84.6 Å². The molecule has 1 saturated carbocycles. The van der Waals surface area contributed by atoms with Gasteiger partial charge in [-0.1, -0.05) is 19.3 Å². The minimum absolute atomic E-state index is 0.0684. The van der Waals surface area contributed by atoms with Crippen LogP contribution >= 0.6 is 0 Å². The van der Waals surface area contributed by atoms with E-state index in [1.54, 1.807) is 0 Å². The van der Waals surface area contributed by atoms with E-state index in [1.807, 2.05) is 0 Å². The molecule has 1 aliphatic rings. The van der Waals surface area contributed by atoms with Crippen molar-refractivity contribution in [3.05, 3.63) is 22.2 Å². The summed E-state index contributed by atoms with van der Waals surface area (Å²) in [6.07, 6.45) is 4.90. The second-order valence-electron chi connectivity index (χ2n) is 5.14. The lowest BCUT2D eigenvalue weighted by atomic mass is 9.91. The molecular weight excluding hydrogens is 268 g/mol. The predicted molar refractivity (Wildman–Crippen MR) is 70.0 cm³/mol. The van der Waals surface area contributed by atoms with E-state index in [-0.39, 0.29) is 17.4 Å². The summed E-state index contributed by atoms with van der Waals surface area (Å²) in [6.45, 7) is 1.48. The first kappa shape index (κ1) is 14.1. The second kappa shape index (κ2) is 5.36. The van der Waals surface area contributed by atoms with E-state index >= 15 is 0 Å². The lowest BCUT2D eigenvalue weighted by Gasteiger charge is -2.21. The Morgan fingerprint density at radius 3 is 2.53 bits per heavy atom. The molecule has 1 aliphatic carbocycles. The zero-order valence-corrected chi connectivity index (χ0v) is 11.7. The maximum atomic E-state index is 12.2. The van der Waals surface area contributed by atoms with Crippen molar-refractivity contribution in [3.8, 4) is 5.75 Å². The van der Waals surface area contributed by atoms with Crippen LogP contribution in [0.1, 0.15) is 37.9 Å². The van der Waals surface area contributed by atoms with E-state index in [9.17, 15) is 18.3 Å². The van der Waals surface area contributed by atoms with E-state index in [4.69, 9.17) is 4.42 Å². The SMILES string of the molecule is Cc1cc(O)c(S(=O)(=O)CC2CCCCC2)c(=O)o1. The van der Waals surface area contributed by atoms with Crippen LogP contribution in [-0.2, 0) is 9.84 Å². The molecule has 19 heavy (non-hydrogen) atoms. The average Bonchev–Trinajstić information content (AvgIpc) is 2.27. The molecule has 0 saturated heterocycles. The van der Waals surface area contributed by atoms with Crippen molar-refractivity contribution in [1.29, 1.82) is 0 Å². The van der Waals surface area contributed by atoms with Crippen LogP contribution in [0.25, 0.3) is 0 Å². The highest BCUT2D eigenvalue weighted by molar-refractivity contribution is 7.91. The Labute approximate surface area is 112 Å². The monoisotopic (exact) mass is 286 g/mol. The number of hydrogen-bond acceptors (Lipinski definition) is 5. The van der Waals surface area contributed by atoms with Gasteiger partial charge in [0.05, 0.1) is 5.75 Å². The van der Waals surface area contributed by atoms with Gasteiger partial charge in [0.25, 0.3) is 0 Å². The molecular formula is C13H18O5S. The molecule has 0 atom stereocenters. The Kier molecular flexibility index (Phi) is 3.99. The zero-order chi connectivity index (χ0) is 14.0. The van der Waals surface area contributed by atoms with Crippen LogP contribution in [0.4, 0.5) is 0 Å². The molecule has 6 heteroatoms. The first-order chi connectivity index (χ1) is 8.90. The Morgan fingerprint density at radius 1 is 1.32 bits per heavy atom. The van der Waals surface area contributed by atoms with Gasteiger partial charge in [-0.05, 0) is 25.7 Å². The highest BCUT2D eigenvalue weighted by Gasteiger charge is 2.29. The zero-order valence-electron chi connectivity index (χ0n) is 10.9. The molecule has 0 aromatic carbocycles. The summed E-state index contributed by atoms with van der Waals surface area (Å²) in [5.41, 5.74) is -0.978. The molecule has 0 bridgehead atoms. The highest BCUT2D eigenvalue weighted by Crippen LogP contribution is 2.28. The van der Waals surface area contributed by atoms with Gasteiger partial charge in [0.2, 0.25) is 0 Å². The van der Waals surface area contributed by atoms with Crippen LogP contribution in [0.5, 0.6) is 5.75 Å². The van der Waals surface area contributed by atoms with Crippen molar-refractivity contribution in [3.63, 3.8) is 0 Å². The predicted octanol–water partition coefficient (Wildman–Crippen LogP) is 2.01. The molecule has 0 spiro atoms. The third-order valence-corrected chi connectivity index (χ3v) is 5.41. The van der Waals surface area contributed by atoms with E-state index in [1.165, 1.54) is 6.92 Å². The summed E-state index contributed by atoms with van der Waals surface area (Å²) in [4.78, 5) is 11.0. The third-order valence-electron chi connectivity index (χ3n) is 3.50. The van der Waals surface area contributed by atoms with E-state index in [0.29, 0.717) is 0 Å². The third kappa shape index (κ3) is 3.18. The fourth-order valence-corrected chi connectivity index (χ4v) is 4.41. The normalized spacial score (nSPS) is 17.5. The van der Waals surface area contributed by atoms with Crippen LogP contribution in [0.15, 0.2) is 20.2 Å². The van der Waals surface area contributed by atoms with Gasteiger partial charge in [-0.3, -0.25) is 0 Å². The molecule has 5 nitrogen and oxygen atoms in total. The van der Waals surface area contributed by atoms with Gasteiger partial charge in [0.15, 0.2) is 14.7 Å². The van der Waals surface area contributed by atoms with Gasteiger partial charge >= 0.3 is 5.63 Å². The van der Waals surface area contributed by atoms with Gasteiger partial charge in [-0.15, -0.1) is 0 Å². The molecule has 0 amide bonds. The molecule has 106 valence electrons. The summed E-state index contributed by atoms with van der Waals surface area (Å²) in [5.74, 6) is -0.337. The Bertz CT molecular complexity index is 608. The van der Waals surface area contributed by atoms with Crippen molar-refractivity contribution in [2.24, 2.45) is 5.92 Å². The molecule has 1 N–H and O–H groups in total. The molecule has 0 unspecified atom stereocenters. The van der Waals surface area contributed by atoms with Gasteiger partial charge in [0, 0.05) is 6.07 Å². The first-order valence-corrected chi connectivity index (χ1v) is 8.12. The summed E-state index contributed by atoms with van der Waals surface area (Å²) in [7, 11) is -3.79. The van der Waals surface area contributed by atoms with Crippen LogP contribution < -0.4 is 5.63 Å². The molecule has 1 aromatic heterocycles. The smallest absolute Gasteiger partial charge is 0.358 e. The Hall–Kier alpha value is -1.30. The summed E-state index contributed by atoms with van der Waals surface area (Å²) >= 11 is 0. The van der Waals surface area contributed by atoms with Crippen LogP contribution in [-0.4, -0.2) is 19.3 Å². The molecule has 1 heterocycles. The molecule has 1 aromatic rings. The van der Waals surface area contributed by atoms with E-state index in [2.05, 4.69) is 0 Å². The first-order valence-electron chi connectivity index (χ1n) is 6.46. The fraction of sp³-hybridized carbons (Fsp3) is 0.615. The molecule has 2 rings (SSSR count). The number of aromatic hydroxyl groups is 1. The number of rotatable bonds is 3. The van der Waals surface area contributed by atoms with Crippen LogP contribution in [0.2, 0.25) is 0 Å². The van der Waals surface area contributed by atoms with Gasteiger partial charge in [-0.25, -0.2) is 13.2 Å². The lowest BCUT2D eigenvalue weighted by molar-refractivity contribution is 0.381. The maximum absolute atomic E-state index is 12.2. The Balaban J connectivity index is 2.31. The van der Waals surface area contributed by atoms with Crippen molar-refractivity contribution in [2.75, 3.05) is 5.75 Å². The summed E-state index contributed by atoms with van der Waals surface area (Å²) < 4.78 is 29.2. The van der Waals surface area contributed by atoms with Crippen molar-refractivity contribution in [1.82, 2.24) is 0 Å². The standard InChI is InChI=1S/C13H18O5S/c1-9-7-11(14)12(13(15)18-9)19(16,17)8-10-5-3-2-4-6-10/h7,10,14H,2-6,8H2,1H3.